The molecule has 8 nitrogen and oxygen atoms in total. The molecule has 0 spiro atoms. The summed E-state index contributed by atoms with van der Waals surface area (Å²) in [6, 6.07) is 95.3. The summed E-state index contributed by atoms with van der Waals surface area (Å²) in [5.41, 5.74) is 18.2. The van der Waals surface area contributed by atoms with E-state index in [1.807, 2.05) is 225 Å². The molecule has 0 aromatic heterocycles. The first-order valence-electron chi connectivity index (χ1n) is 42.7. The van der Waals surface area contributed by atoms with Gasteiger partial charge in [-0.15, -0.1) is 0 Å². The Bertz CT molecular complexity index is 7810. The Hall–Kier alpha value is -16.9. The van der Waals surface area contributed by atoms with Crippen molar-refractivity contribution in [1.29, 1.82) is 10.5 Å². The van der Waals surface area contributed by atoms with Crippen molar-refractivity contribution in [2.75, 3.05) is 19.6 Å². The number of aryl methyl sites for hydroxylation is 6. The fourth-order valence-corrected chi connectivity index (χ4v) is 18.9. The predicted molar refractivity (Wildman–Crippen MR) is 520 cm³/mol. The van der Waals surface area contributed by atoms with Crippen molar-refractivity contribution in [1.82, 2.24) is 0 Å². The Kier molecular flexibility index (Phi) is 21.8. The molecule has 132 heavy (non-hydrogen) atoms. The predicted octanol–water partition coefficient (Wildman–Crippen LogP) is 34.1. The fraction of sp³-hybridized carbons (Fsp3) is 0.0690. The van der Waals surface area contributed by atoms with Crippen LogP contribution in [-0.2, 0) is 0 Å². The highest BCUT2D eigenvalue weighted by molar-refractivity contribution is 6.30. The lowest BCUT2D eigenvalue weighted by Gasteiger charge is -2.31. The van der Waals surface area contributed by atoms with E-state index in [4.69, 9.17) is 13.1 Å². The zero-order chi connectivity index (χ0) is 91.9. The summed E-state index contributed by atoms with van der Waals surface area (Å²) in [5, 5.41) is 29.4. The van der Waals surface area contributed by atoms with E-state index in [2.05, 4.69) is 21.8 Å². The maximum atomic E-state index is 17.0. The molecule has 0 amide bonds. The highest BCUT2D eigenvalue weighted by Gasteiger charge is 2.33. The van der Waals surface area contributed by atoms with Crippen LogP contribution in [-0.4, -0.2) is 0 Å². The van der Waals surface area contributed by atoms with Gasteiger partial charge in [-0.05, 0) is 275 Å². The summed E-state index contributed by atoms with van der Waals surface area (Å²) in [6.45, 7) is 30.9. The fourth-order valence-electron chi connectivity index (χ4n) is 18.9. The molecule has 0 aliphatic heterocycles. The van der Waals surface area contributed by atoms with Gasteiger partial charge in [0, 0.05) is 90.8 Å². The maximum Gasteiger partial charge on any atom is 0.187 e. The van der Waals surface area contributed by atoms with Crippen LogP contribution < -0.4 is 19.6 Å². The largest absolute Gasteiger partial charge is 0.307 e. The number of benzene rings is 20. The third kappa shape index (κ3) is 14.9. The molecule has 0 fully saturated rings. The lowest BCUT2D eigenvalue weighted by molar-refractivity contribution is 0.584. The Labute approximate surface area is 757 Å². The molecule has 0 N–H and O–H groups in total. The number of nitriles is 2. The number of hydrogen-bond donors (Lipinski definition) is 0. The van der Waals surface area contributed by atoms with Gasteiger partial charge in [-0.25, -0.2) is 44.8 Å². The van der Waals surface area contributed by atoms with Gasteiger partial charge >= 0.3 is 0 Å². The minimum Gasteiger partial charge on any atom is -0.307 e. The Balaban J connectivity index is 0.000000170. The van der Waals surface area contributed by atoms with Crippen molar-refractivity contribution in [2.24, 2.45) is 0 Å². The van der Waals surface area contributed by atoms with Crippen molar-refractivity contribution in [3.8, 4) is 56.6 Å². The van der Waals surface area contributed by atoms with E-state index >= 15 is 35.1 Å². The minimum atomic E-state index is -0.775. The summed E-state index contributed by atoms with van der Waals surface area (Å²) < 4.78 is 130. The SMILES string of the molecule is [C-]#[N+]c1ccc(N(c2c(F)cc(F)cc2-c2ccc(C)cc2C)c2ccc3ccc4c(N(c5ccc(C#N)cc5)c5c(F)cc(F)cc5-c5ccc(C)cc5C)ccc5ccc2c3c54)cc1.[C-]#[N+]c1ccc(N(c2c(F)cc(F)cc2-c2cccc(C)c2C)c2ccc3ccc4c(N(c5ccc(C#N)cc5)c5c(F)cc(F)cc5-c5cccc(C)c5C)ccc5ccc2c3c54)cc1. The highest BCUT2D eigenvalue weighted by atomic mass is 19.2. The third-order valence-electron chi connectivity index (χ3n) is 25.3. The topological polar surface area (TPSA) is 69.3 Å². The van der Waals surface area contributed by atoms with E-state index in [0.29, 0.717) is 113 Å². The van der Waals surface area contributed by atoms with Gasteiger partial charge in [0.2, 0.25) is 0 Å². The molecule has 0 bridgehead atoms. The second kappa shape index (κ2) is 34.0. The summed E-state index contributed by atoms with van der Waals surface area (Å²) >= 11 is 0. The van der Waals surface area contributed by atoms with Gasteiger partial charge in [-0.2, -0.15) is 10.5 Å². The van der Waals surface area contributed by atoms with Crippen molar-refractivity contribution < 1.29 is 35.1 Å². The molecule has 20 aromatic carbocycles. The summed E-state index contributed by atoms with van der Waals surface area (Å²) in [4.78, 5) is 14.4. The van der Waals surface area contributed by atoms with Gasteiger partial charge in [0.05, 0.1) is 81.9 Å². The van der Waals surface area contributed by atoms with E-state index in [1.165, 1.54) is 24.3 Å². The molecule has 0 radical (unpaired) electrons. The molecule has 0 aliphatic carbocycles. The molecule has 636 valence electrons. The van der Waals surface area contributed by atoms with Crippen molar-refractivity contribution in [2.45, 2.75) is 55.4 Å². The van der Waals surface area contributed by atoms with E-state index < -0.39 is 46.5 Å². The highest BCUT2D eigenvalue weighted by Crippen LogP contribution is 2.56. The first-order chi connectivity index (χ1) is 63.9. The van der Waals surface area contributed by atoms with Gasteiger partial charge < -0.3 is 19.6 Å². The second-order valence-corrected chi connectivity index (χ2v) is 33.4. The molecule has 0 atom stereocenters. The van der Waals surface area contributed by atoms with Crippen LogP contribution >= 0.6 is 0 Å². The van der Waals surface area contributed by atoms with E-state index in [9.17, 15) is 10.5 Å². The number of anilines is 12. The van der Waals surface area contributed by atoms with Crippen molar-refractivity contribution in [3.05, 3.63) is 440 Å². The van der Waals surface area contributed by atoms with Crippen molar-refractivity contribution >= 4 is 144 Å². The molecule has 0 saturated heterocycles. The third-order valence-corrected chi connectivity index (χ3v) is 25.3. The van der Waals surface area contributed by atoms with Crippen LogP contribution in [0.15, 0.2) is 315 Å². The molecular weight excluding hydrogens is 1660 g/mol. The van der Waals surface area contributed by atoms with Crippen LogP contribution in [0.4, 0.5) is 115 Å². The van der Waals surface area contributed by atoms with Gasteiger partial charge in [0.1, 0.15) is 23.3 Å². The Morgan fingerprint density at radius 1 is 0.250 bits per heavy atom. The maximum absolute atomic E-state index is 17.0. The Morgan fingerprint density at radius 2 is 0.508 bits per heavy atom. The monoisotopic (exact) mass is 1730 g/mol. The number of rotatable bonds is 16. The van der Waals surface area contributed by atoms with Gasteiger partial charge in [0.25, 0.3) is 0 Å². The van der Waals surface area contributed by atoms with Crippen LogP contribution in [0.25, 0.3) is 119 Å². The van der Waals surface area contributed by atoms with Crippen LogP contribution in [0.3, 0.4) is 0 Å². The van der Waals surface area contributed by atoms with Crippen LogP contribution in [0.2, 0.25) is 0 Å². The summed E-state index contributed by atoms with van der Waals surface area (Å²) in [7, 11) is 0. The van der Waals surface area contributed by atoms with E-state index in [0.717, 1.165) is 133 Å². The number of hydrogen-bond acceptors (Lipinski definition) is 6. The zero-order valence-corrected chi connectivity index (χ0v) is 72.6. The standard InChI is InChI=1S/2C58H38F4N4/c1-33-6-20-45(35(3)26-33)49-28-40(59)30-51(61)57(49)65(43-16-8-37(32-63)9-17-43)53-24-12-38-11-23-48-54(25-13-39-10-22-47(53)55(38)56(39)48)66(44-18-14-42(64-5)15-19-44)58-50(29-41(60)31-52(58)62)46-21-7-34(2)27-36(46)4;1-33-8-6-10-45(35(33)3)49-28-40(59)30-51(61)57(49)65(43-20-12-37(32-63)13-21-43)53-26-16-38-15-25-48-54(27-17-39-14-24-47(53)55(38)56(39)48)66(44-22-18-42(64-5)19-23-44)58-50(29-41(60)31-52(58)62)46-11-7-9-34(2)36(46)4/h2*6-31H,1-4H3. The average molecular weight is 1730 g/mol. The van der Waals surface area contributed by atoms with E-state index in [-0.39, 0.29) is 22.7 Å². The summed E-state index contributed by atoms with van der Waals surface area (Å²) in [6.07, 6.45) is 0. The van der Waals surface area contributed by atoms with Gasteiger partial charge in [-0.1, -0.05) is 181 Å². The minimum absolute atomic E-state index is 0.128. The van der Waals surface area contributed by atoms with Gasteiger partial charge in [-0.3, -0.25) is 0 Å². The molecule has 20 aromatic rings. The molecule has 20 rings (SSSR count). The molecular formula is C116H76F8N8. The van der Waals surface area contributed by atoms with Crippen LogP contribution in [0.5, 0.6) is 0 Å². The lowest BCUT2D eigenvalue weighted by atomic mass is 9.90. The Morgan fingerprint density at radius 3 is 0.765 bits per heavy atom. The molecule has 0 aliphatic rings. The molecule has 16 heteroatoms. The second-order valence-electron chi connectivity index (χ2n) is 33.4. The van der Waals surface area contributed by atoms with Crippen LogP contribution in [0, 0.1) is 138 Å². The van der Waals surface area contributed by atoms with Crippen LogP contribution in [0.1, 0.15) is 55.6 Å². The summed E-state index contributed by atoms with van der Waals surface area (Å²) in [5.74, 6) is -5.97. The normalized spacial score (nSPS) is 11.3. The van der Waals surface area contributed by atoms with Crippen molar-refractivity contribution in [3.63, 3.8) is 0 Å². The molecule has 0 saturated carbocycles. The smallest absolute Gasteiger partial charge is 0.187 e. The first-order valence-corrected chi connectivity index (χ1v) is 42.7. The number of halogens is 8. The first kappa shape index (κ1) is 84.6. The lowest BCUT2D eigenvalue weighted by Crippen LogP contribution is -2.15. The molecule has 0 unspecified atom stereocenters. The average Bonchev–Trinajstić information content (AvgIpc) is 0.716. The van der Waals surface area contributed by atoms with E-state index in [1.54, 1.807) is 117 Å². The molecule has 0 heterocycles. The number of nitrogens with zero attached hydrogens (tertiary/aromatic N) is 8. The van der Waals surface area contributed by atoms with Gasteiger partial charge in [0.15, 0.2) is 34.6 Å². The quantitative estimate of drug-likeness (QED) is 0.0545. The zero-order valence-electron chi connectivity index (χ0n) is 72.6.